The molecule has 9 heteroatoms. The Kier molecular flexibility index (Phi) is 9.15. The Morgan fingerprint density at radius 3 is 1.50 bits per heavy atom. The molecule has 0 aliphatic heterocycles. The maximum atomic E-state index is 11.7. The van der Waals surface area contributed by atoms with Gasteiger partial charge in [0.25, 0.3) is 0 Å². The molecule has 22 heavy (non-hydrogen) atoms. The Balaban J connectivity index is 4.45. The average Bonchev–Trinajstić information content (AvgIpc) is 2.37. The Hall–Kier alpha value is -2.45. The maximum Gasteiger partial charge on any atom is 0.222 e. The smallest absolute Gasteiger partial charge is 0.222 e. The molecule has 2 atom stereocenters. The third-order valence-electron chi connectivity index (χ3n) is 2.83. The van der Waals surface area contributed by atoms with Gasteiger partial charge in [-0.25, -0.2) is 0 Å². The standard InChI is InChI=1S/C13H22N4O5/c1-8(20)11(4-12(21)16-9(2)14-6-18)5-13(22)17-10(3)15-7-19/h6-7,9-11H,4-5H2,1-3H3,(H,14,18)(H,15,19)(H,16,21)(H,17,22). The molecule has 0 fully saturated rings. The number of carbonyl (C=O) groups excluding carboxylic acids is 5. The molecule has 0 spiro atoms. The van der Waals surface area contributed by atoms with Crippen LogP contribution in [0.15, 0.2) is 0 Å². The molecule has 2 unspecified atom stereocenters. The lowest BCUT2D eigenvalue weighted by Crippen LogP contribution is -2.45. The minimum atomic E-state index is -0.771. The van der Waals surface area contributed by atoms with Crippen LogP contribution in [0.25, 0.3) is 0 Å². The summed E-state index contributed by atoms with van der Waals surface area (Å²) in [6.45, 7) is 4.43. The molecule has 0 saturated heterocycles. The van der Waals surface area contributed by atoms with Crippen molar-refractivity contribution in [1.29, 1.82) is 0 Å². The number of carbonyl (C=O) groups is 5. The van der Waals surface area contributed by atoms with Gasteiger partial charge in [-0.15, -0.1) is 0 Å². The van der Waals surface area contributed by atoms with Gasteiger partial charge in [0.15, 0.2) is 0 Å². The second kappa shape index (κ2) is 10.3. The predicted molar refractivity (Wildman–Crippen MR) is 77.0 cm³/mol. The fourth-order valence-electron chi connectivity index (χ4n) is 1.70. The Bertz CT molecular complexity index is 395. The molecular weight excluding hydrogens is 292 g/mol. The highest BCUT2D eigenvalue weighted by atomic mass is 16.2. The van der Waals surface area contributed by atoms with Crippen LogP contribution in [0.2, 0.25) is 0 Å². The number of hydrogen-bond acceptors (Lipinski definition) is 5. The quantitative estimate of drug-likeness (QED) is 0.269. The van der Waals surface area contributed by atoms with Crippen LogP contribution < -0.4 is 21.3 Å². The molecular formula is C13H22N4O5. The number of hydrogen-bond donors (Lipinski definition) is 4. The number of Topliss-reactive ketones (excluding diaryl/α,β-unsaturated/α-hetero) is 1. The molecule has 0 saturated carbocycles. The highest BCUT2D eigenvalue weighted by Crippen LogP contribution is 2.10. The van der Waals surface area contributed by atoms with Crippen molar-refractivity contribution in [3.63, 3.8) is 0 Å². The van der Waals surface area contributed by atoms with Gasteiger partial charge >= 0.3 is 0 Å². The molecule has 0 aromatic rings. The van der Waals surface area contributed by atoms with E-state index in [2.05, 4.69) is 21.3 Å². The van der Waals surface area contributed by atoms with E-state index < -0.39 is 30.1 Å². The zero-order valence-corrected chi connectivity index (χ0v) is 12.8. The summed E-state index contributed by atoms with van der Waals surface area (Å²) in [5.41, 5.74) is 0. The van der Waals surface area contributed by atoms with E-state index in [1.807, 2.05) is 0 Å². The molecule has 0 bridgehead atoms. The first-order valence-corrected chi connectivity index (χ1v) is 6.78. The predicted octanol–water partition coefficient (Wildman–Crippen LogP) is -1.61. The molecule has 0 radical (unpaired) electrons. The van der Waals surface area contributed by atoms with Crippen LogP contribution in [0.3, 0.4) is 0 Å². The summed E-state index contributed by atoms with van der Waals surface area (Å²) in [4.78, 5) is 55.5. The van der Waals surface area contributed by atoms with Crippen LogP contribution in [0.1, 0.15) is 33.6 Å². The van der Waals surface area contributed by atoms with Crippen molar-refractivity contribution in [3.8, 4) is 0 Å². The van der Waals surface area contributed by atoms with Gasteiger partial charge in [0.1, 0.15) is 5.78 Å². The lowest BCUT2D eigenvalue weighted by molar-refractivity contribution is -0.131. The third-order valence-corrected chi connectivity index (χ3v) is 2.83. The normalized spacial score (nSPS) is 14.0. The van der Waals surface area contributed by atoms with E-state index in [0.29, 0.717) is 12.8 Å². The van der Waals surface area contributed by atoms with Gasteiger partial charge in [-0.2, -0.15) is 0 Å². The second-order valence-corrected chi connectivity index (χ2v) is 4.86. The summed E-state index contributed by atoms with van der Waals surface area (Å²) in [6, 6.07) is 0. The largest absolute Gasteiger partial charge is 0.339 e. The fraction of sp³-hybridized carbons (Fsp3) is 0.615. The van der Waals surface area contributed by atoms with Crippen LogP contribution >= 0.6 is 0 Å². The summed E-state index contributed by atoms with van der Waals surface area (Å²) in [6.07, 6.45) is -0.567. The first-order chi connectivity index (χ1) is 10.3. The summed E-state index contributed by atoms with van der Waals surface area (Å²) in [7, 11) is 0. The van der Waals surface area contributed by atoms with Crippen LogP contribution in [0.4, 0.5) is 0 Å². The van der Waals surface area contributed by atoms with Crippen molar-refractivity contribution < 1.29 is 24.0 Å². The van der Waals surface area contributed by atoms with Crippen molar-refractivity contribution in [2.75, 3.05) is 0 Å². The van der Waals surface area contributed by atoms with E-state index in [0.717, 1.165) is 0 Å². The van der Waals surface area contributed by atoms with E-state index in [1.165, 1.54) is 6.92 Å². The van der Waals surface area contributed by atoms with E-state index in [1.54, 1.807) is 13.8 Å². The Morgan fingerprint density at radius 1 is 0.864 bits per heavy atom. The summed E-state index contributed by atoms with van der Waals surface area (Å²) in [5.74, 6) is -1.97. The Morgan fingerprint density at radius 2 is 1.23 bits per heavy atom. The van der Waals surface area contributed by atoms with Crippen molar-refractivity contribution >= 4 is 30.4 Å². The van der Waals surface area contributed by atoms with E-state index >= 15 is 0 Å². The molecule has 9 nitrogen and oxygen atoms in total. The number of nitrogens with one attached hydrogen (secondary N) is 4. The summed E-state index contributed by atoms with van der Waals surface area (Å²) < 4.78 is 0. The first kappa shape index (κ1) is 19.6. The first-order valence-electron chi connectivity index (χ1n) is 6.78. The monoisotopic (exact) mass is 314 g/mol. The molecule has 4 N–H and O–H groups in total. The summed E-state index contributed by atoms with van der Waals surface area (Å²) in [5, 5.41) is 9.64. The van der Waals surface area contributed by atoms with Crippen molar-refractivity contribution in [2.24, 2.45) is 5.92 Å². The molecule has 4 amide bonds. The minimum Gasteiger partial charge on any atom is -0.339 e. The van der Waals surface area contributed by atoms with Crippen molar-refractivity contribution in [2.45, 2.75) is 45.9 Å². The lowest BCUT2D eigenvalue weighted by atomic mass is 9.96. The summed E-state index contributed by atoms with van der Waals surface area (Å²) >= 11 is 0. The van der Waals surface area contributed by atoms with Gasteiger partial charge in [-0.3, -0.25) is 24.0 Å². The third kappa shape index (κ3) is 8.67. The van der Waals surface area contributed by atoms with Gasteiger partial charge < -0.3 is 21.3 Å². The fourth-order valence-corrected chi connectivity index (χ4v) is 1.70. The van der Waals surface area contributed by atoms with Gasteiger partial charge in [-0.05, 0) is 20.8 Å². The van der Waals surface area contributed by atoms with E-state index in [4.69, 9.17) is 0 Å². The van der Waals surface area contributed by atoms with Crippen LogP contribution in [0, 0.1) is 5.92 Å². The van der Waals surface area contributed by atoms with Gasteiger partial charge in [0.2, 0.25) is 24.6 Å². The molecule has 0 rings (SSSR count). The maximum absolute atomic E-state index is 11.7. The van der Waals surface area contributed by atoms with Crippen molar-refractivity contribution in [1.82, 2.24) is 21.3 Å². The van der Waals surface area contributed by atoms with Gasteiger partial charge in [0.05, 0.1) is 12.3 Å². The molecule has 0 heterocycles. The second-order valence-electron chi connectivity index (χ2n) is 4.86. The molecule has 124 valence electrons. The number of amides is 4. The Labute approximate surface area is 128 Å². The highest BCUT2D eigenvalue weighted by molar-refractivity contribution is 5.90. The number of rotatable bonds is 11. The zero-order valence-electron chi connectivity index (χ0n) is 12.8. The average molecular weight is 314 g/mol. The minimum absolute atomic E-state index is 0.164. The van der Waals surface area contributed by atoms with Crippen molar-refractivity contribution in [3.05, 3.63) is 0 Å². The number of ketones is 1. The topological polar surface area (TPSA) is 133 Å². The van der Waals surface area contributed by atoms with Gasteiger partial charge in [-0.1, -0.05) is 0 Å². The molecule has 0 aliphatic carbocycles. The van der Waals surface area contributed by atoms with Gasteiger partial charge in [0, 0.05) is 18.8 Å². The molecule has 0 aliphatic rings. The van der Waals surface area contributed by atoms with E-state index in [9.17, 15) is 24.0 Å². The molecule has 0 aromatic heterocycles. The zero-order chi connectivity index (χ0) is 17.1. The SMILES string of the molecule is CC(=O)C(CC(=O)NC(C)NC=O)CC(=O)NC(C)NC=O. The van der Waals surface area contributed by atoms with Crippen LogP contribution in [-0.4, -0.2) is 42.7 Å². The van der Waals surface area contributed by atoms with E-state index in [-0.39, 0.29) is 18.6 Å². The highest BCUT2D eigenvalue weighted by Gasteiger charge is 2.23. The van der Waals surface area contributed by atoms with Crippen LogP contribution in [0.5, 0.6) is 0 Å². The molecule has 0 aromatic carbocycles. The lowest BCUT2D eigenvalue weighted by Gasteiger charge is -2.18. The van der Waals surface area contributed by atoms with Crippen LogP contribution in [-0.2, 0) is 24.0 Å².